The molecule has 0 unspecified atom stereocenters. The van der Waals surface area contributed by atoms with Gasteiger partial charge >= 0.3 is 12.1 Å². The quantitative estimate of drug-likeness (QED) is 0.599. The zero-order chi connectivity index (χ0) is 19.5. The molecule has 0 atom stereocenters. The van der Waals surface area contributed by atoms with E-state index in [0.717, 1.165) is 18.4 Å². The molecule has 0 aromatic heterocycles. The SMILES string of the molecule is CC(C)(C)CC(=O)OOC(=O)NS(=O)(=O)c1ccccc1S(C)(=O)=O. The van der Waals surface area contributed by atoms with Crippen molar-refractivity contribution in [1.82, 2.24) is 4.72 Å². The third-order valence-electron chi connectivity index (χ3n) is 2.64. The fourth-order valence-electron chi connectivity index (χ4n) is 1.71. The van der Waals surface area contributed by atoms with Crippen LogP contribution in [0.2, 0.25) is 0 Å². The van der Waals surface area contributed by atoms with Crippen LogP contribution in [0.15, 0.2) is 34.1 Å². The van der Waals surface area contributed by atoms with Crippen LogP contribution in [0.3, 0.4) is 0 Å². The lowest BCUT2D eigenvalue weighted by Crippen LogP contribution is -2.33. The van der Waals surface area contributed by atoms with Crippen LogP contribution < -0.4 is 4.72 Å². The summed E-state index contributed by atoms with van der Waals surface area (Å²) in [5.74, 6) is -0.864. The summed E-state index contributed by atoms with van der Waals surface area (Å²) in [5.41, 5.74) is -0.419. The van der Waals surface area contributed by atoms with Crippen molar-refractivity contribution in [3.8, 4) is 0 Å². The average Bonchev–Trinajstić information content (AvgIpc) is 2.42. The van der Waals surface area contributed by atoms with E-state index in [-0.39, 0.29) is 6.42 Å². The van der Waals surface area contributed by atoms with Gasteiger partial charge < -0.3 is 0 Å². The van der Waals surface area contributed by atoms with Gasteiger partial charge in [-0.2, -0.15) is 0 Å². The molecule has 0 heterocycles. The number of sulfone groups is 1. The van der Waals surface area contributed by atoms with Crippen LogP contribution >= 0.6 is 0 Å². The summed E-state index contributed by atoms with van der Waals surface area (Å²) in [6.45, 7) is 5.25. The number of benzene rings is 1. The first-order valence-electron chi connectivity index (χ1n) is 6.95. The summed E-state index contributed by atoms with van der Waals surface area (Å²) in [6.07, 6.45) is -0.816. The summed E-state index contributed by atoms with van der Waals surface area (Å²) < 4.78 is 49.1. The Kier molecular flexibility index (Phi) is 6.19. The summed E-state index contributed by atoms with van der Waals surface area (Å²) >= 11 is 0. The van der Waals surface area contributed by atoms with Crippen LogP contribution in [-0.2, 0) is 34.4 Å². The molecule has 1 N–H and O–H groups in total. The standard InChI is InChI=1S/C14H19NO8S2/c1-14(2,3)9-12(16)22-23-13(17)15-25(20,21)11-8-6-5-7-10(11)24(4,18)19/h5-8H,9H2,1-4H3,(H,15,17). The van der Waals surface area contributed by atoms with E-state index < -0.39 is 47.1 Å². The monoisotopic (exact) mass is 393 g/mol. The van der Waals surface area contributed by atoms with Gasteiger partial charge in [0.15, 0.2) is 9.84 Å². The smallest absolute Gasteiger partial charge is 0.247 e. The van der Waals surface area contributed by atoms with E-state index >= 15 is 0 Å². The fourth-order valence-corrected chi connectivity index (χ4v) is 4.20. The minimum absolute atomic E-state index is 0.0655. The van der Waals surface area contributed by atoms with Crippen LogP contribution in [0.4, 0.5) is 4.79 Å². The molecule has 1 aromatic carbocycles. The van der Waals surface area contributed by atoms with Gasteiger partial charge in [-0.15, -0.1) is 0 Å². The zero-order valence-corrected chi connectivity index (χ0v) is 15.7. The molecule has 0 fully saturated rings. The van der Waals surface area contributed by atoms with E-state index in [9.17, 15) is 26.4 Å². The van der Waals surface area contributed by atoms with E-state index in [4.69, 9.17) is 0 Å². The number of carbonyl (C=O) groups is 2. The van der Waals surface area contributed by atoms with Gasteiger partial charge in [0.25, 0.3) is 10.0 Å². The summed E-state index contributed by atoms with van der Waals surface area (Å²) in [4.78, 5) is 30.2. The molecule has 1 rings (SSSR count). The number of rotatable bonds is 4. The van der Waals surface area contributed by atoms with E-state index in [2.05, 4.69) is 9.78 Å². The minimum atomic E-state index is -4.55. The molecule has 0 aliphatic heterocycles. The Morgan fingerprint density at radius 3 is 2.00 bits per heavy atom. The molecule has 0 spiro atoms. The zero-order valence-electron chi connectivity index (χ0n) is 14.1. The number of sulfonamides is 1. The van der Waals surface area contributed by atoms with Gasteiger partial charge in [0.05, 0.1) is 11.3 Å². The summed E-state index contributed by atoms with van der Waals surface area (Å²) in [7, 11) is -8.41. The predicted molar refractivity (Wildman–Crippen MR) is 86.5 cm³/mol. The molecular formula is C14H19NO8S2. The Hall–Kier alpha value is -2.14. The van der Waals surface area contributed by atoms with E-state index in [0.29, 0.717) is 0 Å². The van der Waals surface area contributed by atoms with E-state index in [1.165, 1.54) is 16.9 Å². The van der Waals surface area contributed by atoms with Crippen LogP contribution in [-0.4, -0.2) is 35.2 Å². The van der Waals surface area contributed by atoms with Crippen molar-refractivity contribution in [2.45, 2.75) is 37.0 Å². The average molecular weight is 393 g/mol. The van der Waals surface area contributed by atoms with Gasteiger partial charge in [-0.05, 0) is 17.5 Å². The topological polar surface area (TPSA) is 133 Å². The predicted octanol–water partition coefficient (Wildman–Crippen LogP) is 1.40. The molecule has 0 saturated heterocycles. The van der Waals surface area contributed by atoms with Crippen LogP contribution in [0, 0.1) is 5.41 Å². The van der Waals surface area contributed by atoms with Crippen molar-refractivity contribution in [3.63, 3.8) is 0 Å². The van der Waals surface area contributed by atoms with Crippen molar-refractivity contribution in [1.29, 1.82) is 0 Å². The largest absolute Gasteiger partial charge is 0.464 e. The van der Waals surface area contributed by atoms with Gasteiger partial charge in [0.2, 0.25) is 0 Å². The minimum Gasteiger partial charge on any atom is -0.247 e. The van der Waals surface area contributed by atoms with Gasteiger partial charge in [0.1, 0.15) is 4.90 Å². The first-order valence-corrected chi connectivity index (χ1v) is 10.3. The van der Waals surface area contributed by atoms with Crippen LogP contribution in [0.25, 0.3) is 0 Å². The Bertz CT molecular complexity index is 866. The van der Waals surface area contributed by atoms with Gasteiger partial charge in [0, 0.05) is 6.26 Å². The molecule has 11 heteroatoms. The Morgan fingerprint density at radius 1 is 1.00 bits per heavy atom. The van der Waals surface area contributed by atoms with Crippen molar-refractivity contribution < 1.29 is 36.2 Å². The van der Waals surface area contributed by atoms with Crippen molar-refractivity contribution in [2.24, 2.45) is 5.41 Å². The second kappa shape index (κ2) is 7.40. The Balaban J connectivity index is 2.86. The maximum absolute atomic E-state index is 12.2. The lowest BCUT2D eigenvalue weighted by Gasteiger charge is -2.15. The lowest BCUT2D eigenvalue weighted by atomic mass is 9.93. The Morgan fingerprint density at radius 2 is 1.52 bits per heavy atom. The van der Waals surface area contributed by atoms with E-state index in [1.807, 2.05) is 0 Å². The molecule has 25 heavy (non-hydrogen) atoms. The molecule has 0 aliphatic carbocycles. The number of hydrogen-bond acceptors (Lipinski definition) is 8. The van der Waals surface area contributed by atoms with Crippen molar-refractivity contribution in [2.75, 3.05) is 6.26 Å². The van der Waals surface area contributed by atoms with Crippen LogP contribution in [0.5, 0.6) is 0 Å². The number of nitrogens with one attached hydrogen (secondary N) is 1. The van der Waals surface area contributed by atoms with Crippen LogP contribution in [0.1, 0.15) is 27.2 Å². The first-order chi connectivity index (χ1) is 11.2. The van der Waals surface area contributed by atoms with Crippen molar-refractivity contribution in [3.05, 3.63) is 24.3 Å². The number of carbonyl (C=O) groups excluding carboxylic acids is 2. The molecule has 0 saturated carbocycles. The van der Waals surface area contributed by atoms with Gasteiger partial charge in [-0.3, -0.25) is 0 Å². The Labute approximate surface area is 146 Å². The van der Waals surface area contributed by atoms with E-state index in [1.54, 1.807) is 20.8 Å². The molecule has 9 nitrogen and oxygen atoms in total. The third-order valence-corrected chi connectivity index (χ3v) is 5.30. The van der Waals surface area contributed by atoms with Gasteiger partial charge in [-0.1, -0.05) is 32.9 Å². The molecular weight excluding hydrogens is 374 g/mol. The molecule has 0 bridgehead atoms. The highest BCUT2D eigenvalue weighted by Gasteiger charge is 2.27. The summed E-state index contributed by atoms with van der Waals surface area (Å²) in [6, 6.07) is 4.72. The third kappa shape index (κ3) is 6.70. The second-order valence-corrected chi connectivity index (χ2v) is 10.0. The number of hydrogen-bond donors (Lipinski definition) is 1. The first kappa shape index (κ1) is 20.9. The summed E-state index contributed by atoms with van der Waals surface area (Å²) in [5, 5.41) is 0. The van der Waals surface area contributed by atoms with Crippen molar-refractivity contribution >= 4 is 31.9 Å². The lowest BCUT2D eigenvalue weighted by molar-refractivity contribution is -0.233. The maximum atomic E-state index is 12.2. The highest BCUT2D eigenvalue weighted by Crippen LogP contribution is 2.21. The normalized spacial score (nSPS) is 12.3. The maximum Gasteiger partial charge on any atom is 0.464 e. The molecule has 0 radical (unpaired) electrons. The number of amides is 1. The van der Waals surface area contributed by atoms with Gasteiger partial charge in [-0.25, -0.2) is 40.9 Å². The highest BCUT2D eigenvalue weighted by molar-refractivity contribution is 7.93. The molecule has 140 valence electrons. The molecule has 1 aromatic rings. The highest BCUT2D eigenvalue weighted by atomic mass is 32.2. The fraction of sp³-hybridized carbons (Fsp3) is 0.429. The second-order valence-electron chi connectivity index (χ2n) is 6.39. The molecule has 0 aliphatic rings. The molecule has 1 amide bonds.